The summed E-state index contributed by atoms with van der Waals surface area (Å²) in [5, 5.41) is 8.56. The third-order valence-corrected chi connectivity index (χ3v) is 2.43. The number of azo groups is 1. The normalized spacial score (nSPS) is 10.7. The molecule has 0 fully saturated rings. The van der Waals surface area contributed by atoms with Crippen molar-refractivity contribution >= 4 is 57.1 Å². The Hall–Kier alpha value is -2.26. The van der Waals surface area contributed by atoms with Crippen LogP contribution in [0.2, 0.25) is 0 Å². The van der Waals surface area contributed by atoms with Crippen molar-refractivity contribution < 1.29 is 0 Å². The lowest BCUT2D eigenvalue weighted by molar-refractivity contribution is 1.12. The molecule has 0 aliphatic carbocycles. The predicted octanol–water partition coefficient (Wildman–Crippen LogP) is 1.66. The molecule has 0 unspecified atom stereocenters. The summed E-state index contributed by atoms with van der Waals surface area (Å²) >= 11 is 9.39. The van der Waals surface area contributed by atoms with Crippen LogP contribution in [0.1, 0.15) is 0 Å². The zero-order valence-corrected chi connectivity index (χ0v) is 11.3. The van der Waals surface area contributed by atoms with Crippen molar-refractivity contribution in [2.24, 2.45) is 21.7 Å². The number of nitrogens with one attached hydrogen (secondary N) is 3. The fraction of sp³-hybridized carbons (Fsp3) is 0. The molecule has 0 atom stereocenters. The summed E-state index contributed by atoms with van der Waals surface area (Å²) in [4.78, 5) is 3.08. The minimum atomic E-state index is -0.0492. The van der Waals surface area contributed by atoms with E-state index in [1.807, 2.05) is 24.3 Å². The van der Waals surface area contributed by atoms with Gasteiger partial charge in [-0.05, 0) is 30.5 Å². The van der Waals surface area contributed by atoms with Crippen molar-refractivity contribution in [1.82, 2.24) is 10.4 Å². The molecule has 0 saturated carbocycles. The highest BCUT2D eigenvalue weighted by Gasteiger charge is 2.10. The van der Waals surface area contributed by atoms with Crippen molar-refractivity contribution in [2.45, 2.75) is 0 Å². The molecule has 0 bridgehead atoms. The number of nitrogens with two attached hydrogens (primary N) is 2. The number of fused-ring (bicyclic) bond motifs is 1. The van der Waals surface area contributed by atoms with Crippen molar-refractivity contribution in [1.29, 1.82) is 0 Å². The van der Waals surface area contributed by atoms with E-state index in [0.29, 0.717) is 11.5 Å². The number of thiocarbonyl (C=S) groups is 2. The molecule has 1 aromatic carbocycles. The summed E-state index contributed by atoms with van der Waals surface area (Å²) in [6, 6.07) is 7.62. The van der Waals surface area contributed by atoms with Gasteiger partial charge >= 0.3 is 0 Å². The van der Waals surface area contributed by atoms with Crippen LogP contribution in [0.5, 0.6) is 0 Å². The lowest BCUT2D eigenvalue weighted by Crippen LogP contribution is -2.33. The average molecular weight is 293 g/mol. The van der Waals surface area contributed by atoms with Gasteiger partial charge in [-0.1, -0.05) is 18.2 Å². The van der Waals surface area contributed by atoms with Crippen molar-refractivity contribution in [2.75, 3.05) is 5.43 Å². The summed E-state index contributed by atoms with van der Waals surface area (Å²) in [6.07, 6.45) is 0. The van der Waals surface area contributed by atoms with Gasteiger partial charge in [-0.25, -0.2) is 0 Å². The molecular formula is C10H11N7S2. The molecule has 0 saturated heterocycles. The minimum absolute atomic E-state index is 0.0492. The molecule has 0 aliphatic rings. The van der Waals surface area contributed by atoms with E-state index in [1.165, 1.54) is 0 Å². The number of anilines is 1. The molecular weight excluding hydrogens is 282 g/mol. The molecule has 1 heterocycles. The first-order valence-electron chi connectivity index (χ1n) is 5.21. The van der Waals surface area contributed by atoms with Gasteiger partial charge in [0.25, 0.3) is 0 Å². The van der Waals surface area contributed by atoms with Crippen molar-refractivity contribution in [3.8, 4) is 0 Å². The van der Waals surface area contributed by atoms with Crippen molar-refractivity contribution in [3.63, 3.8) is 0 Å². The molecule has 9 heteroatoms. The van der Waals surface area contributed by atoms with E-state index in [1.54, 1.807) is 0 Å². The van der Waals surface area contributed by atoms with E-state index in [-0.39, 0.29) is 10.2 Å². The van der Waals surface area contributed by atoms with Crippen LogP contribution in [-0.2, 0) is 0 Å². The molecule has 0 amide bonds. The number of hydrogen-bond donors (Lipinski definition) is 5. The number of hydrazine groups is 1. The number of hydrogen-bond acceptors (Lipinski definition) is 4. The second-order valence-electron chi connectivity index (χ2n) is 3.55. The van der Waals surface area contributed by atoms with Crippen LogP contribution < -0.4 is 22.3 Å². The average Bonchev–Trinajstić information content (AvgIpc) is 2.71. The molecule has 7 nitrogen and oxygen atoms in total. The molecule has 2 rings (SSSR count). The second kappa shape index (κ2) is 5.59. The van der Waals surface area contributed by atoms with Gasteiger partial charge in [0, 0.05) is 10.9 Å². The highest BCUT2D eigenvalue weighted by molar-refractivity contribution is 7.80. The number of H-pyrrole nitrogens is 1. The fourth-order valence-corrected chi connectivity index (χ4v) is 1.64. The fourth-order valence-electron chi connectivity index (χ4n) is 1.55. The van der Waals surface area contributed by atoms with Gasteiger partial charge in [0.05, 0.1) is 0 Å². The number of benzene rings is 1. The first kappa shape index (κ1) is 13.2. The van der Waals surface area contributed by atoms with Crippen LogP contribution in [0.25, 0.3) is 10.9 Å². The lowest BCUT2D eigenvalue weighted by atomic mass is 10.2. The number of para-hydroxylation sites is 1. The van der Waals surface area contributed by atoms with E-state index in [0.717, 1.165) is 10.9 Å². The highest BCUT2D eigenvalue weighted by Crippen LogP contribution is 2.33. The molecule has 2 aromatic rings. The Morgan fingerprint density at radius 2 is 1.95 bits per heavy atom. The van der Waals surface area contributed by atoms with Gasteiger partial charge in [0.1, 0.15) is 5.69 Å². The van der Waals surface area contributed by atoms with Gasteiger partial charge in [-0.3, -0.25) is 10.9 Å². The molecule has 0 radical (unpaired) electrons. The third kappa shape index (κ3) is 3.14. The number of aromatic nitrogens is 1. The minimum Gasteiger partial charge on any atom is -0.375 e. The SMILES string of the molecule is NC(=S)N=Nc1[nH]c2ccccc2c1NNC(N)=S. The first-order valence-corrected chi connectivity index (χ1v) is 6.03. The first-order chi connectivity index (χ1) is 9.08. The summed E-state index contributed by atoms with van der Waals surface area (Å²) in [5.41, 5.74) is 17.7. The van der Waals surface area contributed by atoms with Gasteiger partial charge in [0.2, 0.25) is 5.11 Å². The van der Waals surface area contributed by atoms with E-state index >= 15 is 0 Å². The maximum absolute atomic E-state index is 5.38. The second-order valence-corrected chi connectivity index (χ2v) is 4.40. The van der Waals surface area contributed by atoms with Crippen LogP contribution in [0.15, 0.2) is 34.5 Å². The van der Waals surface area contributed by atoms with E-state index in [2.05, 4.69) is 38.3 Å². The Balaban J connectivity index is 2.45. The largest absolute Gasteiger partial charge is 0.375 e. The van der Waals surface area contributed by atoms with Gasteiger partial charge in [-0.15, -0.1) is 10.2 Å². The predicted molar refractivity (Wildman–Crippen MR) is 83.1 cm³/mol. The Labute approximate surface area is 119 Å². The topological polar surface area (TPSA) is 117 Å². The number of nitrogens with zero attached hydrogens (tertiary/aromatic N) is 2. The van der Waals surface area contributed by atoms with Crippen LogP contribution in [0.4, 0.5) is 11.5 Å². The molecule has 0 aliphatic heterocycles. The third-order valence-electron chi connectivity index (χ3n) is 2.25. The smallest absolute Gasteiger partial charge is 0.211 e. The lowest BCUT2D eigenvalue weighted by Gasteiger charge is -2.06. The Morgan fingerprint density at radius 1 is 1.21 bits per heavy atom. The van der Waals surface area contributed by atoms with E-state index < -0.39 is 0 Å². The van der Waals surface area contributed by atoms with Crippen LogP contribution in [0, 0.1) is 0 Å². The summed E-state index contributed by atoms with van der Waals surface area (Å²) in [6.45, 7) is 0. The zero-order valence-electron chi connectivity index (χ0n) is 9.68. The van der Waals surface area contributed by atoms with Crippen LogP contribution in [-0.4, -0.2) is 15.2 Å². The van der Waals surface area contributed by atoms with Gasteiger partial charge in [0.15, 0.2) is 10.9 Å². The zero-order chi connectivity index (χ0) is 13.8. The summed E-state index contributed by atoms with van der Waals surface area (Å²) in [7, 11) is 0. The van der Waals surface area contributed by atoms with Gasteiger partial charge < -0.3 is 16.5 Å². The summed E-state index contributed by atoms with van der Waals surface area (Å²) < 4.78 is 0. The van der Waals surface area contributed by atoms with Gasteiger partial charge in [-0.2, -0.15) is 0 Å². The van der Waals surface area contributed by atoms with Crippen LogP contribution >= 0.6 is 24.4 Å². The number of aromatic amines is 1. The van der Waals surface area contributed by atoms with Crippen molar-refractivity contribution in [3.05, 3.63) is 24.3 Å². The maximum Gasteiger partial charge on any atom is 0.211 e. The van der Waals surface area contributed by atoms with E-state index in [9.17, 15) is 0 Å². The molecule has 0 spiro atoms. The quantitative estimate of drug-likeness (QED) is 0.334. The highest BCUT2D eigenvalue weighted by atomic mass is 32.1. The maximum atomic E-state index is 5.38. The molecule has 98 valence electrons. The number of rotatable bonds is 3. The molecule has 7 N–H and O–H groups in total. The standard InChI is InChI=1S/C10H11N7S2/c11-9(18)16-14-7-5-3-1-2-4-6(5)13-8(7)15-17-10(12)19/h1-4,13-14H,(H2,12,19)(H3,11,16,18). The van der Waals surface area contributed by atoms with E-state index in [4.69, 9.17) is 23.7 Å². The Bertz CT molecular complexity index is 661. The van der Waals surface area contributed by atoms with Crippen LogP contribution in [0.3, 0.4) is 0 Å². The monoisotopic (exact) mass is 293 g/mol. The Morgan fingerprint density at radius 3 is 2.63 bits per heavy atom. The summed E-state index contributed by atoms with van der Waals surface area (Å²) in [5.74, 6) is 0.470. The Kier molecular flexibility index (Phi) is 3.88. The molecule has 19 heavy (non-hydrogen) atoms. The molecule has 1 aromatic heterocycles.